The van der Waals surface area contributed by atoms with E-state index in [1.54, 1.807) is 19.3 Å². The zero-order valence-corrected chi connectivity index (χ0v) is 14.1. The molecule has 0 bridgehead atoms. The van der Waals surface area contributed by atoms with E-state index >= 15 is 0 Å². The lowest BCUT2D eigenvalue weighted by Gasteiger charge is -2.30. The van der Waals surface area contributed by atoms with Crippen LogP contribution in [-0.2, 0) is 4.74 Å². The van der Waals surface area contributed by atoms with Crippen molar-refractivity contribution in [3.05, 3.63) is 41.9 Å². The molecule has 3 heterocycles. The first-order chi connectivity index (χ1) is 12.1. The van der Waals surface area contributed by atoms with E-state index in [4.69, 9.17) is 9.84 Å². The van der Waals surface area contributed by atoms with E-state index < -0.39 is 6.09 Å². The molecule has 2 N–H and O–H groups in total. The summed E-state index contributed by atoms with van der Waals surface area (Å²) in [5, 5.41) is 9.10. The fourth-order valence-corrected chi connectivity index (χ4v) is 3.22. The Morgan fingerprint density at radius 1 is 1.32 bits per heavy atom. The van der Waals surface area contributed by atoms with Crippen molar-refractivity contribution in [2.24, 2.45) is 0 Å². The summed E-state index contributed by atoms with van der Waals surface area (Å²) in [6.07, 6.45) is 3.86. The molecule has 0 atom stereocenters. The van der Waals surface area contributed by atoms with Crippen LogP contribution in [0.1, 0.15) is 41.7 Å². The number of esters is 1. The second kappa shape index (κ2) is 7.38. The molecule has 1 fully saturated rings. The second-order valence-electron chi connectivity index (χ2n) is 6.01. The highest BCUT2D eigenvalue weighted by molar-refractivity contribution is 5.92. The van der Waals surface area contributed by atoms with Gasteiger partial charge in [0.15, 0.2) is 0 Å². The van der Waals surface area contributed by atoms with Gasteiger partial charge in [-0.05, 0) is 38.0 Å². The molecule has 0 aliphatic carbocycles. The number of carboxylic acid groups (broad SMARTS) is 1. The minimum Gasteiger partial charge on any atom is -0.465 e. The Morgan fingerprint density at radius 3 is 2.60 bits per heavy atom. The third-order valence-electron chi connectivity index (χ3n) is 4.51. The monoisotopic (exact) mass is 343 g/mol. The van der Waals surface area contributed by atoms with Crippen molar-refractivity contribution in [2.45, 2.75) is 25.7 Å². The number of amides is 1. The number of ether oxygens (including phenoxy) is 1. The first kappa shape index (κ1) is 17.0. The van der Waals surface area contributed by atoms with Crippen LogP contribution in [0, 0.1) is 0 Å². The molecule has 2 aromatic heterocycles. The van der Waals surface area contributed by atoms with Crippen molar-refractivity contribution >= 4 is 12.1 Å². The molecule has 2 aromatic rings. The molecule has 3 rings (SSSR count). The van der Waals surface area contributed by atoms with Gasteiger partial charge >= 0.3 is 12.1 Å². The van der Waals surface area contributed by atoms with Crippen LogP contribution in [-0.4, -0.2) is 51.7 Å². The second-order valence-corrected chi connectivity index (χ2v) is 6.01. The number of likely N-dealkylation sites (tertiary alicyclic amines) is 1. The number of H-pyrrole nitrogens is 1. The zero-order chi connectivity index (χ0) is 17.8. The summed E-state index contributed by atoms with van der Waals surface area (Å²) in [7, 11) is 0. The number of aromatic nitrogens is 2. The van der Waals surface area contributed by atoms with Gasteiger partial charge in [0.1, 0.15) is 0 Å². The molecule has 0 radical (unpaired) electrons. The van der Waals surface area contributed by atoms with Gasteiger partial charge in [0, 0.05) is 48.4 Å². The Bertz CT molecular complexity index is 749. The fraction of sp³-hybridized carbons (Fsp3) is 0.389. The molecule has 7 nitrogen and oxygen atoms in total. The number of piperidine rings is 1. The van der Waals surface area contributed by atoms with Crippen molar-refractivity contribution in [1.29, 1.82) is 0 Å². The molecular weight excluding hydrogens is 322 g/mol. The Kier molecular flexibility index (Phi) is 5.02. The molecular formula is C18H21N3O4. The average molecular weight is 343 g/mol. The normalized spacial score (nSPS) is 15.2. The van der Waals surface area contributed by atoms with E-state index in [0.29, 0.717) is 38.1 Å². The predicted octanol–water partition coefficient (Wildman–Crippen LogP) is 3.11. The Balaban J connectivity index is 1.90. The number of hydrogen-bond donors (Lipinski definition) is 2. The van der Waals surface area contributed by atoms with Crippen LogP contribution >= 0.6 is 0 Å². The summed E-state index contributed by atoms with van der Waals surface area (Å²) < 4.78 is 5.19. The smallest absolute Gasteiger partial charge is 0.407 e. The molecule has 0 saturated carbocycles. The lowest BCUT2D eigenvalue weighted by atomic mass is 9.91. The molecule has 1 amide bonds. The maximum Gasteiger partial charge on any atom is 0.407 e. The number of nitrogens with one attached hydrogen (secondary N) is 1. The molecule has 1 aliphatic heterocycles. The molecule has 0 aromatic carbocycles. The highest BCUT2D eigenvalue weighted by atomic mass is 16.5. The number of pyridine rings is 1. The van der Waals surface area contributed by atoms with Crippen LogP contribution in [0.2, 0.25) is 0 Å². The number of carbonyl (C=O) groups excluding carboxylic acids is 1. The highest BCUT2D eigenvalue weighted by Gasteiger charge is 2.28. The van der Waals surface area contributed by atoms with Crippen LogP contribution in [0.15, 0.2) is 30.6 Å². The Hall–Kier alpha value is -2.83. The number of carbonyl (C=O) groups is 2. The topological polar surface area (TPSA) is 95.5 Å². The Labute approximate surface area is 145 Å². The third kappa shape index (κ3) is 3.65. The molecule has 1 saturated heterocycles. The summed E-state index contributed by atoms with van der Waals surface area (Å²) in [4.78, 5) is 32.2. The van der Waals surface area contributed by atoms with Gasteiger partial charge in [-0.1, -0.05) is 0 Å². The molecule has 1 aliphatic rings. The molecule has 0 spiro atoms. The van der Waals surface area contributed by atoms with E-state index in [1.165, 1.54) is 4.90 Å². The minimum absolute atomic E-state index is 0.102. The lowest BCUT2D eigenvalue weighted by Crippen LogP contribution is -2.37. The summed E-state index contributed by atoms with van der Waals surface area (Å²) in [6.45, 7) is 3.02. The third-order valence-corrected chi connectivity index (χ3v) is 4.51. The quantitative estimate of drug-likeness (QED) is 0.832. The van der Waals surface area contributed by atoms with Crippen molar-refractivity contribution in [1.82, 2.24) is 14.9 Å². The summed E-state index contributed by atoms with van der Waals surface area (Å²) in [5.41, 5.74) is 3.13. The van der Waals surface area contributed by atoms with Gasteiger partial charge in [-0.2, -0.15) is 0 Å². The van der Waals surface area contributed by atoms with Crippen LogP contribution < -0.4 is 0 Å². The number of hydrogen-bond acceptors (Lipinski definition) is 4. The predicted molar refractivity (Wildman–Crippen MR) is 91.6 cm³/mol. The van der Waals surface area contributed by atoms with Crippen LogP contribution in [0.5, 0.6) is 0 Å². The van der Waals surface area contributed by atoms with Gasteiger partial charge < -0.3 is 19.7 Å². The van der Waals surface area contributed by atoms with Crippen molar-refractivity contribution in [2.75, 3.05) is 19.7 Å². The zero-order valence-electron chi connectivity index (χ0n) is 14.1. The summed E-state index contributed by atoms with van der Waals surface area (Å²) in [6, 6.07) is 5.56. The lowest BCUT2D eigenvalue weighted by molar-refractivity contribution is 0.0523. The van der Waals surface area contributed by atoms with Crippen molar-refractivity contribution < 1.29 is 19.4 Å². The largest absolute Gasteiger partial charge is 0.465 e. The van der Waals surface area contributed by atoms with E-state index in [-0.39, 0.29) is 11.9 Å². The van der Waals surface area contributed by atoms with Crippen LogP contribution in [0.3, 0.4) is 0 Å². The minimum atomic E-state index is -0.895. The first-order valence-electron chi connectivity index (χ1n) is 8.38. The number of nitrogens with zero attached hydrogens (tertiary/aromatic N) is 2. The maximum atomic E-state index is 12.4. The van der Waals surface area contributed by atoms with Crippen LogP contribution in [0.25, 0.3) is 11.3 Å². The van der Waals surface area contributed by atoms with Gasteiger partial charge in [0.25, 0.3) is 0 Å². The van der Waals surface area contributed by atoms with E-state index in [1.807, 2.05) is 18.2 Å². The van der Waals surface area contributed by atoms with Gasteiger partial charge in [-0.15, -0.1) is 0 Å². The maximum absolute atomic E-state index is 12.4. The molecule has 7 heteroatoms. The highest BCUT2D eigenvalue weighted by Crippen LogP contribution is 2.33. The SMILES string of the molecule is CCOC(=O)c1cc(-c2ccncc2)[nH]c1C1CCN(C(=O)O)CC1. The molecule has 132 valence electrons. The van der Waals surface area contributed by atoms with E-state index in [2.05, 4.69) is 9.97 Å². The van der Waals surface area contributed by atoms with Gasteiger partial charge in [0.05, 0.1) is 12.2 Å². The van der Waals surface area contributed by atoms with Crippen LogP contribution in [0.4, 0.5) is 4.79 Å². The fourth-order valence-electron chi connectivity index (χ4n) is 3.22. The van der Waals surface area contributed by atoms with Gasteiger partial charge in [-0.3, -0.25) is 4.98 Å². The first-order valence-corrected chi connectivity index (χ1v) is 8.38. The van der Waals surface area contributed by atoms with Gasteiger partial charge in [0.2, 0.25) is 0 Å². The average Bonchev–Trinajstić information content (AvgIpc) is 3.08. The Morgan fingerprint density at radius 2 is 2.00 bits per heavy atom. The summed E-state index contributed by atoms with van der Waals surface area (Å²) in [5.74, 6) is -0.250. The van der Waals surface area contributed by atoms with E-state index in [9.17, 15) is 9.59 Å². The standard InChI is InChI=1S/C18H21N3O4/c1-2-25-17(22)14-11-15(12-3-7-19-8-4-12)20-16(14)13-5-9-21(10-6-13)18(23)24/h3-4,7-8,11,13,20H,2,5-6,9-10H2,1H3,(H,23,24). The van der Waals surface area contributed by atoms with Gasteiger partial charge in [-0.25, -0.2) is 9.59 Å². The number of aromatic amines is 1. The molecule has 25 heavy (non-hydrogen) atoms. The van der Waals surface area contributed by atoms with Crippen molar-refractivity contribution in [3.63, 3.8) is 0 Å². The van der Waals surface area contributed by atoms with E-state index in [0.717, 1.165) is 17.0 Å². The van der Waals surface area contributed by atoms with Crippen molar-refractivity contribution in [3.8, 4) is 11.3 Å². The molecule has 0 unspecified atom stereocenters. The number of rotatable bonds is 4. The summed E-state index contributed by atoms with van der Waals surface area (Å²) >= 11 is 0.